The summed E-state index contributed by atoms with van der Waals surface area (Å²) in [6.07, 6.45) is 5.64. The highest BCUT2D eigenvalue weighted by molar-refractivity contribution is 5.94. The van der Waals surface area contributed by atoms with Gasteiger partial charge in [0.05, 0.1) is 24.6 Å². The Morgan fingerprint density at radius 2 is 2.39 bits per heavy atom. The lowest BCUT2D eigenvalue weighted by atomic mass is 10.3. The van der Waals surface area contributed by atoms with Crippen molar-refractivity contribution < 1.29 is 9.18 Å². The summed E-state index contributed by atoms with van der Waals surface area (Å²) in [5.41, 5.74) is 6.27. The van der Waals surface area contributed by atoms with E-state index >= 15 is 0 Å². The molecule has 5 nitrogen and oxygen atoms in total. The molecule has 0 aliphatic heterocycles. The molecule has 0 spiro atoms. The molecule has 7 heteroatoms. The maximum Gasteiger partial charge on any atom is 0.254 e. The molecule has 0 aromatic carbocycles. The lowest BCUT2D eigenvalue weighted by Crippen LogP contribution is -2.24. The van der Waals surface area contributed by atoms with E-state index < -0.39 is 0 Å². The molecule has 3 N–H and O–H groups in total. The van der Waals surface area contributed by atoms with Crippen molar-refractivity contribution in [3.8, 4) is 0 Å². The molecule has 18 heavy (non-hydrogen) atoms. The number of halogens is 2. The fraction of sp³-hybridized carbons (Fsp3) is 0.455. The largest absolute Gasteiger partial charge is 0.349 e. The van der Waals surface area contributed by atoms with Gasteiger partial charge in [-0.25, -0.2) is 4.39 Å². The summed E-state index contributed by atoms with van der Waals surface area (Å²) in [5.74, 6) is -0.128. The van der Waals surface area contributed by atoms with Gasteiger partial charge in [0.25, 0.3) is 5.91 Å². The van der Waals surface area contributed by atoms with Crippen LogP contribution in [0.2, 0.25) is 0 Å². The number of nitrogens with one attached hydrogen (secondary N) is 1. The van der Waals surface area contributed by atoms with Crippen LogP contribution in [0.1, 0.15) is 23.2 Å². The van der Waals surface area contributed by atoms with Crippen molar-refractivity contribution >= 4 is 18.3 Å². The number of nitrogens with two attached hydrogens (primary N) is 1. The van der Waals surface area contributed by atoms with E-state index in [2.05, 4.69) is 10.4 Å². The molecule has 0 saturated heterocycles. The van der Waals surface area contributed by atoms with E-state index in [4.69, 9.17) is 5.73 Å². The number of hydrogen-bond acceptors (Lipinski definition) is 3. The van der Waals surface area contributed by atoms with E-state index in [1.807, 2.05) is 0 Å². The molecule has 1 fully saturated rings. The summed E-state index contributed by atoms with van der Waals surface area (Å²) >= 11 is 0. The van der Waals surface area contributed by atoms with Gasteiger partial charge in [-0.2, -0.15) is 5.10 Å². The first-order valence-electron chi connectivity index (χ1n) is 5.54. The summed E-state index contributed by atoms with van der Waals surface area (Å²) < 4.78 is 13.8. The molecule has 1 aliphatic carbocycles. The number of amides is 1. The van der Waals surface area contributed by atoms with Crippen molar-refractivity contribution in [1.29, 1.82) is 0 Å². The second-order valence-electron chi connectivity index (χ2n) is 4.15. The van der Waals surface area contributed by atoms with Gasteiger partial charge in [0, 0.05) is 18.8 Å². The molecule has 0 bridgehead atoms. The van der Waals surface area contributed by atoms with Crippen LogP contribution in [0.4, 0.5) is 4.39 Å². The Kier molecular flexibility index (Phi) is 5.30. The summed E-state index contributed by atoms with van der Waals surface area (Å²) in [6, 6.07) is 0.316. The number of rotatable bonds is 5. The quantitative estimate of drug-likeness (QED) is 0.842. The molecule has 100 valence electrons. The van der Waals surface area contributed by atoms with Crippen molar-refractivity contribution in [2.45, 2.75) is 25.4 Å². The summed E-state index contributed by atoms with van der Waals surface area (Å²) in [7, 11) is 0. The number of aromatic nitrogens is 2. The first-order chi connectivity index (χ1) is 8.22. The summed E-state index contributed by atoms with van der Waals surface area (Å²) in [6.45, 7) is 0.406. The van der Waals surface area contributed by atoms with E-state index in [-0.39, 0.29) is 31.4 Å². The van der Waals surface area contributed by atoms with Crippen LogP contribution in [-0.4, -0.2) is 28.3 Å². The van der Waals surface area contributed by atoms with Crippen molar-refractivity contribution in [3.63, 3.8) is 0 Å². The van der Waals surface area contributed by atoms with Crippen LogP contribution in [0.15, 0.2) is 24.3 Å². The minimum absolute atomic E-state index is 0. The Hall–Kier alpha value is -1.40. The predicted octanol–water partition coefficient (Wildman–Crippen LogP) is 1.01. The third-order valence-corrected chi connectivity index (χ3v) is 2.59. The zero-order chi connectivity index (χ0) is 12.3. The lowest BCUT2D eigenvalue weighted by Gasteiger charge is -2.02. The van der Waals surface area contributed by atoms with Gasteiger partial charge in [0.2, 0.25) is 0 Å². The number of carbonyl (C=O) groups is 1. The van der Waals surface area contributed by atoms with E-state index in [0.717, 1.165) is 12.8 Å². The maximum absolute atomic E-state index is 12.3. The highest BCUT2D eigenvalue weighted by Gasteiger charge is 2.24. The number of hydrogen-bond donors (Lipinski definition) is 2. The SMILES string of the molecule is Cl.NC/C(=C\F)Cn1cc(C(=O)NC2CC2)cn1. The molecule has 1 aromatic heterocycles. The van der Waals surface area contributed by atoms with Crippen LogP contribution in [0.5, 0.6) is 0 Å². The Balaban J connectivity index is 0.00000162. The monoisotopic (exact) mass is 274 g/mol. The van der Waals surface area contributed by atoms with Crippen LogP contribution in [0.3, 0.4) is 0 Å². The molecule has 0 atom stereocenters. The van der Waals surface area contributed by atoms with Crippen LogP contribution >= 0.6 is 12.4 Å². The first-order valence-corrected chi connectivity index (χ1v) is 5.54. The highest BCUT2D eigenvalue weighted by atomic mass is 35.5. The van der Waals surface area contributed by atoms with Gasteiger partial charge in [-0.3, -0.25) is 9.48 Å². The van der Waals surface area contributed by atoms with Crippen molar-refractivity contribution in [2.24, 2.45) is 5.73 Å². The maximum atomic E-state index is 12.3. The molecule has 1 amide bonds. The number of nitrogens with zero attached hydrogens (tertiary/aromatic N) is 2. The van der Waals surface area contributed by atoms with Gasteiger partial charge in [0.1, 0.15) is 0 Å². The third-order valence-electron chi connectivity index (χ3n) is 2.59. The fourth-order valence-corrected chi connectivity index (χ4v) is 1.42. The minimum atomic E-state index is -0.128. The smallest absolute Gasteiger partial charge is 0.254 e. The van der Waals surface area contributed by atoms with Gasteiger partial charge in [-0.15, -0.1) is 12.4 Å². The molecular weight excluding hydrogens is 259 g/mol. The Morgan fingerprint density at radius 1 is 1.67 bits per heavy atom. The average Bonchev–Trinajstić information content (AvgIpc) is 3.02. The Bertz CT molecular complexity index is 442. The standard InChI is InChI=1S/C11H15FN4O.ClH/c12-3-8(4-13)6-16-7-9(5-14-16)11(17)15-10-1-2-10;/h3,5,7,10H,1-2,4,6,13H2,(H,15,17);1H/b8-3+;. The van der Waals surface area contributed by atoms with Crippen LogP contribution in [0, 0.1) is 0 Å². The molecule has 1 aromatic rings. The van der Waals surface area contributed by atoms with Crippen LogP contribution < -0.4 is 11.1 Å². The van der Waals surface area contributed by atoms with Gasteiger partial charge in [0.15, 0.2) is 0 Å². The highest BCUT2D eigenvalue weighted by Crippen LogP contribution is 2.19. The van der Waals surface area contributed by atoms with Crippen molar-refractivity contribution in [1.82, 2.24) is 15.1 Å². The molecule has 2 rings (SSSR count). The van der Waals surface area contributed by atoms with Crippen molar-refractivity contribution in [2.75, 3.05) is 6.54 Å². The summed E-state index contributed by atoms with van der Waals surface area (Å²) in [5, 5.41) is 6.85. The predicted molar refractivity (Wildman–Crippen MR) is 68.2 cm³/mol. The van der Waals surface area contributed by atoms with Gasteiger partial charge >= 0.3 is 0 Å². The third kappa shape index (κ3) is 3.82. The zero-order valence-electron chi connectivity index (χ0n) is 9.80. The van der Waals surface area contributed by atoms with E-state index in [9.17, 15) is 9.18 Å². The zero-order valence-corrected chi connectivity index (χ0v) is 10.6. The molecule has 1 aliphatic rings. The van der Waals surface area contributed by atoms with Gasteiger partial charge in [-0.1, -0.05) is 0 Å². The second-order valence-corrected chi connectivity index (χ2v) is 4.15. The van der Waals surface area contributed by atoms with Gasteiger partial charge in [-0.05, 0) is 18.4 Å². The molecular formula is C11H16ClFN4O. The van der Waals surface area contributed by atoms with Crippen LogP contribution in [0.25, 0.3) is 0 Å². The molecule has 0 unspecified atom stereocenters. The van der Waals surface area contributed by atoms with E-state index in [1.165, 1.54) is 10.9 Å². The molecule has 1 heterocycles. The minimum Gasteiger partial charge on any atom is -0.349 e. The lowest BCUT2D eigenvalue weighted by molar-refractivity contribution is 0.0951. The van der Waals surface area contributed by atoms with Gasteiger partial charge < -0.3 is 11.1 Å². The number of carbonyl (C=O) groups excluding carboxylic acids is 1. The average molecular weight is 275 g/mol. The normalized spacial score (nSPS) is 15.1. The molecule has 1 saturated carbocycles. The van der Waals surface area contributed by atoms with Crippen LogP contribution in [-0.2, 0) is 6.54 Å². The van der Waals surface area contributed by atoms with E-state index in [0.29, 0.717) is 23.5 Å². The Morgan fingerprint density at radius 3 is 2.94 bits per heavy atom. The first kappa shape index (κ1) is 14.7. The van der Waals surface area contributed by atoms with Crippen molar-refractivity contribution in [3.05, 3.63) is 29.9 Å². The fourth-order valence-electron chi connectivity index (χ4n) is 1.42. The molecule has 0 radical (unpaired) electrons. The Labute approximate surface area is 111 Å². The summed E-state index contributed by atoms with van der Waals surface area (Å²) in [4.78, 5) is 11.7. The van der Waals surface area contributed by atoms with E-state index in [1.54, 1.807) is 6.20 Å². The second kappa shape index (κ2) is 6.51. The topological polar surface area (TPSA) is 72.9 Å².